The summed E-state index contributed by atoms with van der Waals surface area (Å²) in [4.78, 5) is 0. The van der Waals surface area contributed by atoms with Crippen molar-refractivity contribution in [1.29, 1.82) is 0 Å². The molecular formula is C14H21NO2. The molecule has 94 valence electrons. The van der Waals surface area contributed by atoms with Gasteiger partial charge in [-0.1, -0.05) is 31.4 Å². The maximum atomic E-state index is 9.90. The predicted molar refractivity (Wildman–Crippen MR) is 68.6 cm³/mol. The van der Waals surface area contributed by atoms with Crippen molar-refractivity contribution in [2.24, 2.45) is 5.92 Å². The van der Waals surface area contributed by atoms with Crippen molar-refractivity contribution in [2.45, 2.75) is 31.8 Å². The van der Waals surface area contributed by atoms with E-state index < -0.39 is 6.10 Å². The van der Waals surface area contributed by atoms with Gasteiger partial charge in [0.05, 0.1) is 6.61 Å². The molecule has 3 N–H and O–H groups in total. The quantitative estimate of drug-likeness (QED) is 0.588. The van der Waals surface area contributed by atoms with Crippen molar-refractivity contribution < 1.29 is 9.84 Å². The highest BCUT2D eigenvalue weighted by Crippen LogP contribution is 2.29. The lowest BCUT2D eigenvalue weighted by molar-refractivity contribution is 0.0266. The zero-order chi connectivity index (χ0) is 12.1. The first kappa shape index (κ1) is 12.4. The molecule has 0 heterocycles. The Bertz CT molecular complexity index is 350. The second-order valence-electron chi connectivity index (χ2n) is 4.85. The number of nitrogen functional groups attached to an aromatic ring is 1. The molecule has 3 heteroatoms. The van der Waals surface area contributed by atoms with Crippen LogP contribution in [0.3, 0.4) is 0 Å². The Morgan fingerprint density at radius 3 is 2.88 bits per heavy atom. The first-order chi connectivity index (χ1) is 8.25. The number of rotatable bonds is 6. The number of ether oxygens (including phenoxy) is 1. The Balaban J connectivity index is 1.67. The zero-order valence-electron chi connectivity index (χ0n) is 10.1. The van der Waals surface area contributed by atoms with Crippen LogP contribution in [0.2, 0.25) is 0 Å². The Hall–Kier alpha value is -1.06. The molecule has 1 fully saturated rings. The van der Waals surface area contributed by atoms with Gasteiger partial charge in [-0.2, -0.15) is 0 Å². The molecule has 1 unspecified atom stereocenters. The van der Waals surface area contributed by atoms with Crippen LogP contribution in [0.5, 0.6) is 0 Å². The Kier molecular flexibility index (Phi) is 4.40. The highest BCUT2D eigenvalue weighted by Gasteiger charge is 2.17. The summed E-state index contributed by atoms with van der Waals surface area (Å²) in [7, 11) is 0. The number of hydrogen-bond donors (Lipinski definition) is 2. The minimum atomic E-state index is -0.570. The van der Waals surface area contributed by atoms with E-state index in [-0.39, 0.29) is 0 Å². The summed E-state index contributed by atoms with van der Waals surface area (Å²) in [6.07, 6.45) is 4.63. The number of aliphatic hydroxyl groups is 1. The SMILES string of the molecule is Nc1cccc(C(O)COCCC2CCC2)c1. The van der Waals surface area contributed by atoms with Crippen LogP contribution < -0.4 is 5.73 Å². The molecule has 1 saturated carbocycles. The maximum absolute atomic E-state index is 9.90. The molecule has 0 aromatic heterocycles. The van der Waals surface area contributed by atoms with Crippen LogP contribution in [-0.2, 0) is 4.74 Å². The first-order valence-corrected chi connectivity index (χ1v) is 6.37. The van der Waals surface area contributed by atoms with Crippen LogP contribution in [-0.4, -0.2) is 18.3 Å². The number of aliphatic hydroxyl groups excluding tert-OH is 1. The van der Waals surface area contributed by atoms with E-state index >= 15 is 0 Å². The zero-order valence-corrected chi connectivity index (χ0v) is 10.1. The standard InChI is InChI=1S/C14H21NO2/c15-13-6-2-5-12(9-13)14(16)10-17-8-7-11-3-1-4-11/h2,5-6,9,11,14,16H,1,3-4,7-8,10,15H2. The van der Waals surface area contributed by atoms with E-state index in [4.69, 9.17) is 10.5 Å². The fourth-order valence-corrected chi connectivity index (χ4v) is 2.09. The predicted octanol–water partition coefficient (Wildman–Crippen LogP) is 2.51. The van der Waals surface area contributed by atoms with Gasteiger partial charge in [0.2, 0.25) is 0 Å². The molecular weight excluding hydrogens is 214 g/mol. The number of hydrogen-bond acceptors (Lipinski definition) is 3. The van der Waals surface area contributed by atoms with E-state index in [1.807, 2.05) is 18.2 Å². The maximum Gasteiger partial charge on any atom is 0.102 e. The molecule has 0 bridgehead atoms. The summed E-state index contributed by atoms with van der Waals surface area (Å²) in [6, 6.07) is 7.33. The molecule has 0 radical (unpaired) electrons. The molecule has 0 amide bonds. The van der Waals surface area contributed by atoms with E-state index in [0.717, 1.165) is 24.5 Å². The number of anilines is 1. The van der Waals surface area contributed by atoms with Crippen molar-refractivity contribution in [2.75, 3.05) is 18.9 Å². The van der Waals surface area contributed by atoms with Gasteiger partial charge in [0.15, 0.2) is 0 Å². The molecule has 17 heavy (non-hydrogen) atoms. The topological polar surface area (TPSA) is 55.5 Å². The summed E-state index contributed by atoms with van der Waals surface area (Å²) >= 11 is 0. The molecule has 1 aliphatic carbocycles. The second-order valence-corrected chi connectivity index (χ2v) is 4.85. The fraction of sp³-hybridized carbons (Fsp3) is 0.571. The van der Waals surface area contributed by atoms with Crippen LogP contribution >= 0.6 is 0 Å². The van der Waals surface area contributed by atoms with Gasteiger partial charge in [-0.05, 0) is 30.0 Å². The lowest BCUT2D eigenvalue weighted by Gasteiger charge is -2.25. The normalized spacial score (nSPS) is 17.7. The Morgan fingerprint density at radius 1 is 1.41 bits per heavy atom. The lowest BCUT2D eigenvalue weighted by Crippen LogP contribution is -2.15. The van der Waals surface area contributed by atoms with Crippen LogP contribution in [0.4, 0.5) is 5.69 Å². The van der Waals surface area contributed by atoms with E-state index in [9.17, 15) is 5.11 Å². The average Bonchev–Trinajstić information content (AvgIpc) is 2.26. The van der Waals surface area contributed by atoms with E-state index in [1.165, 1.54) is 19.3 Å². The smallest absolute Gasteiger partial charge is 0.102 e. The largest absolute Gasteiger partial charge is 0.399 e. The van der Waals surface area contributed by atoms with E-state index in [1.54, 1.807) is 6.07 Å². The molecule has 0 spiro atoms. The van der Waals surface area contributed by atoms with Gasteiger partial charge in [-0.25, -0.2) is 0 Å². The summed E-state index contributed by atoms with van der Waals surface area (Å²) in [5, 5.41) is 9.90. The van der Waals surface area contributed by atoms with E-state index in [0.29, 0.717) is 12.3 Å². The minimum absolute atomic E-state index is 0.357. The van der Waals surface area contributed by atoms with Gasteiger partial charge in [-0.15, -0.1) is 0 Å². The van der Waals surface area contributed by atoms with Gasteiger partial charge < -0.3 is 15.6 Å². The molecule has 0 saturated heterocycles. The summed E-state index contributed by atoms with van der Waals surface area (Å²) in [6.45, 7) is 1.11. The van der Waals surface area contributed by atoms with Crippen molar-refractivity contribution in [1.82, 2.24) is 0 Å². The van der Waals surface area contributed by atoms with Crippen molar-refractivity contribution in [3.8, 4) is 0 Å². The van der Waals surface area contributed by atoms with Crippen molar-refractivity contribution in [3.05, 3.63) is 29.8 Å². The van der Waals surface area contributed by atoms with Crippen LogP contribution in [0.1, 0.15) is 37.4 Å². The molecule has 1 atom stereocenters. The third-order valence-electron chi connectivity index (χ3n) is 3.47. The van der Waals surface area contributed by atoms with Gasteiger partial charge in [0, 0.05) is 12.3 Å². The molecule has 3 nitrogen and oxygen atoms in total. The average molecular weight is 235 g/mol. The monoisotopic (exact) mass is 235 g/mol. The van der Waals surface area contributed by atoms with Crippen LogP contribution in [0.25, 0.3) is 0 Å². The molecule has 2 rings (SSSR count). The summed E-state index contributed by atoms with van der Waals surface area (Å²) < 4.78 is 5.51. The fourth-order valence-electron chi connectivity index (χ4n) is 2.09. The third-order valence-corrected chi connectivity index (χ3v) is 3.47. The number of benzene rings is 1. The molecule has 1 aliphatic rings. The molecule has 1 aromatic carbocycles. The minimum Gasteiger partial charge on any atom is -0.399 e. The molecule has 1 aromatic rings. The summed E-state index contributed by atoms with van der Waals surface area (Å²) in [5.41, 5.74) is 7.17. The van der Waals surface area contributed by atoms with Crippen LogP contribution in [0.15, 0.2) is 24.3 Å². The van der Waals surface area contributed by atoms with Gasteiger partial charge in [-0.3, -0.25) is 0 Å². The molecule has 0 aliphatic heterocycles. The number of nitrogens with two attached hydrogens (primary N) is 1. The van der Waals surface area contributed by atoms with Crippen LogP contribution in [0, 0.1) is 5.92 Å². The highest BCUT2D eigenvalue weighted by molar-refractivity contribution is 5.41. The lowest BCUT2D eigenvalue weighted by atomic mass is 9.83. The first-order valence-electron chi connectivity index (χ1n) is 6.37. The summed E-state index contributed by atoms with van der Waals surface area (Å²) in [5.74, 6) is 0.861. The van der Waals surface area contributed by atoms with E-state index in [2.05, 4.69) is 0 Å². The highest BCUT2D eigenvalue weighted by atomic mass is 16.5. The van der Waals surface area contributed by atoms with Gasteiger partial charge in [0.1, 0.15) is 6.10 Å². The van der Waals surface area contributed by atoms with Crippen molar-refractivity contribution in [3.63, 3.8) is 0 Å². The van der Waals surface area contributed by atoms with Gasteiger partial charge >= 0.3 is 0 Å². The third kappa shape index (κ3) is 3.72. The van der Waals surface area contributed by atoms with Gasteiger partial charge in [0.25, 0.3) is 0 Å². The second kappa shape index (κ2) is 6.03. The Morgan fingerprint density at radius 2 is 2.24 bits per heavy atom. The van der Waals surface area contributed by atoms with Crippen molar-refractivity contribution >= 4 is 5.69 Å². The Labute approximate surface area is 103 Å².